The van der Waals surface area contributed by atoms with E-state index in [4.69, 9.17) is 9.47 Å². The lowest BCUT2D eigenvalue weighted by Crippen LogP contribution is -2.26. The van der Waals surface area contributed by atoms with Crippen LogP contribution in [0.5, 0.6) is 11.5 Å². The van der Waals surface area contributed by atoms with Crippen LogP contribution in [0.25, 0.3) is 0 Å². The van der Waals surface area contributed by atoms with E-state index in [0.29, 0.717) is 6.04 Å². The lowest BCUT2D eigenvalue weighted by atomic mass is 10.1. The average molecular weight is 266 g/mol. The molecule has 108 valence electrons. The predicted molar refractivity (Wildman–Crippen MR) is 79.1 cm³/mol. The summed E-state index contributed by atoms with van der Waals surface area (Å²) in [5, 5.41) is 3.17. The zero-order valence-corrected chi connectivity index (χ0v) is 12.7. The van der Waals surface area contributed by atoms with Gasteiger partial charge in [0.2, 0.25) is 0 Å². The molecule has 0 aromatic heterocycles. The maximum absolute atomic E-state index is 5.45. The third-order valence-corrected chi connectivity index (χ3v) is 3.49. The van der Waals surface area contributed by atoms with Gasteiger partial charge in [0.1, 0.15) is 11.5 Å². The lowest BCUT2D eigenvalue weighted by Gasteiger charge is -2.26. The Labute approximate surface area is 116 Å². The molecule has 1 aromatic rings. The number of benzene rings is 1. The number of hydrogen-bond acceptors (Lipinski definition) is 4. The Morgan fingerprint density at radius 2 is 2.00 bits per heavy atom. The van der Waals surface area contributed by atoms with Crippen molar-refractivity contribution in [3.05, 3.63) is 23.8 Å². The van der Waals surface area contributed by atoms with Gasteiger partial charge in [-0.1, -0.05) is 0 Å². The highest BCUT2D eigenvalue weighted by Crippen LogP contribution is 2.31. The Balaban J connectivity index is 2.81. The molecule has 1 unspecified atom stereocenters. The molecule has 4 heteroatoms. The standard InChI is InChI=1S/C15H26N2O2/c1-12(17(3)10-6-9-16-2)14-11-13(18-4)7-8-15(14)19-5/h7-8,11-12,16H,6,9-10H2,1-5H3. The summed E-state index contributed by atoms with van der Waals surface area (Å²) in [5.41, 5.74) is 1.16. The van der Waals surface area contributed by atoms with Crippen molar-refractivity contribution in [2.24, 2.45) is 0 Å². The Morgan fingerprint density at radius 3 is 2.58 bits per heavy atom. The molecule has 0 aliphatic heterocycles. The van der Waals surface area contributed by atoms with E-state index in [-0.39, 0.29) is 0 Å². The zero-order chi connectivity index (χ0) is 14.3. The second kappa shape index (κ2) is 8.02. The molecule has 0 aliphatic carbocycles. The van der Waals surface area contributed by atoms with Crippen molar-refractivity contribution in [2.75, 3.05) is 41.4 Å². The van der Waals surface area contributed by atoms with E-state index >= 15 is 0 Å². The number of hydrogen-bond donors (Lipinski definition) is 1. The Morgan fingerprint density at radius 1 is 1.26 bits per heavy atom. The molecule has 19 heavy (non-hydrogen) atoms. The maximum atomic E-state index is 5.45. The fourth-order valence-corrected chi connectivity index (χ4v) is 2.10. The molecule has 0 amide bonds. The normalized spacial score (nSPS) is 12.5. The minimum absolute atomic E-state index is 0.293. The van der Waals surface area contributed by atoms with Crippen LogP contribution < -0.4 is 14.8 Å². The van der Waals surface area contributed by atoms with Crippen LogP contribution in [0.4, 0.5) is 0 Å². The van der Waals surface area contributed by atoms with Crippen LogP contribution in [0.15, 0.2) is 18.2 Å². The summed E-state index contributed by atoms with van der Waals surface area (Å²) in [6.45, 7) is 4.27. The third-order valence-electron chi connectivity index (χ3n) is 3.49. The highest BCUT2D eigenvalue weighted by Gasteiger charge is 2.16. The monoisotopic (exact) mass is 266 g/mol. The maximum Gasteiger partial charge on any atom is 0.123 e. The highest BCUT2D eigenvalue weighted by molar-refractivity contribution is 5.42. The summed E-state index contributed by atoms with van der Waals surface area (Å²) in [5.74, 6) is 1.78. The minimum Gasteiger partial charge on any atom is -0.497 e. The lowest BCUT2D eigenvalue weighted by molar-refractivity contribution is 0.251. The van der Waals surface area contributed by atoms with Gasteiger partial charge in [-0.05, 0) is 58.7 Å². The fraction of sp³-hybridized carbons (Fsp3) is 0.600. The first-order valence-electron chi connectivity index (χ1n) is 6.70. The van der Waals surface area contributed by atoms with Gasteiger partial charge in [0, 0.05) is 11.6 Å². The van der Waals surface area contributed by atoms with Crippen LogP contribution >= 0.6 is 0 Å². The van der Waals surface area contributed by atoms with Crippen molar-refractivity contribution < 1.29 is 9.47 Å². The molecule has 0 aliphatic rings. The van der Waals surface area contributed by atoms with Crippen molar-refractivity contribution >= 4 is 0 Å². The topological polar surface area (TPSA) is 33.7 Å². The van der Waals surface area contributed by atoms with Crippen LogP contribution in [0.3, 0.4) is 0 Å². The largest absolute Gasteiger partial charge is 0.497 e. The van der Waals surface area contributed by atoms with Gasteiger partial charge in [-0.15, -0.1) is 0 Å². The van der Waals surface area contributed by atoms with Crippen molar-refractivity contribution in [1.82, 2.24) is 10.2 Å². The van der Waals surface area contributed by atoms with Crippen LogP contribution in [-0.2, 0) is 0 Å². The number of rotatable bonds is 8. The van der Waals surface area contributed by atoms with Gasteiger partial charge in [0.25, 0.3) is 0 Å². The highest BCUT2D eigenvalue weighted by atomic mass is 16.5. The van der Waals surface area contributed by atoms with E-state index in [1.165, 1.54) is 0 Å². The molecule has 1 aromatic carbocycles. The molecule has 4 nitrogen and oxygen atoms in total. The molecule has 0 radical (unpaired) electrons. The van der Waals surface area contributed by atoms with E-state index in [1.807, 2.05) is 19.2 Å². The van der Waals surface area contributed by atoms with Gasteiger partial charge in [0.15, 0.2) is 0 Å². The molecule has 0 fully saturated rings. The molecular weight excluding hydrogens is 240 g/mol. The molecule has 1 N–H and O–H groups in total. The van der Waals surface area contributed by atoms with Gasteiger partial charge >= 0.3 is 0 Å². The smallest absolute Gasteiger partial charge is 0.123 e. The van der Waals surface area contributed by atoms with Gasteiger partial charge in [-0.25, -0.2) is 0 Å². The fourth-order valence-electron chi connectivity index (χ4n) is 2.10. The minimum atomic E-state index is 0.293. The number of methoxy groups -OCH3 is 2. The molecule has 1 atom stereocenters. The molecule has 0 saturated carbocycles. The first kappa shape index (κ1) is 15.8. The second-order valence-corrected chi connectivity index (χ2v) is 4.72. The molecule has 0 bridgehead atoms. The van der Waals surface area contributed by atoms with Gasteiger partial charge in [-0.2, -0.15) is 0 Å². The first-order valence-corrected chi connectivity index (χ1v) is 6.70. The Hall–Kier alpha value is -1.26. The van der Waals surface area contributed by atoms with Gasteiger partial charge in [0.05, 0.1) is 14.2 Å². The molecular formula is C15H26N2O2. The predicted octanol–water partition coefficient (Wildman–Crippen LogP) is 2.31. The van der Waals surface area contributed by atoms with E-state index < -0.39 is 0 Å². The van der Waals surface area contributed by atoms with E-state index in [9.17, 15) is 0 Å². The number of nitrogens with one attached hydrogen (secondary N) is 1. The molecule has 0 saturated heterocycles. The summed E-state index contributed by atoms with van der Waals surface area (Å²) in [6.07, 6.45) is 1.13. The van der Waals surface area contributed by atoms with Crippen molar-refractivity contribution in [3.8, 4) is 11.5 Å². The number of ether oxygens (including phenoxy) is 2. The van der Waals surface area contributed by atoms with Crippen molar-refractivity contribution in [1.29, 1.82) is 0 Å². The summed E-state index contributed by atoms with van der Waals surface area (Å²) in [6, 6.07) is 6.24. The molecule has 0 spiro atoms. The zero-order valence-electron chi connectivity index (χ0n) is 12.7. The summed E-state index contributed by atoms with van der Waals surface area (Å²) in [7, 11) is 7.51. The van der Waals surface area contributed by atoms with Crippen LogP contribution in [0, 0.1) is 0 Å². The van der Waals surface area contributed by atoms with Gasteiger partial charge in [-0.3, -0.25) is 4.90 Å². The SMILES string of the molecule is CNCCCN(C)C(C)c1cc(OC)ccc1OC. The van der Waals surface area contributed by atoms with Gasteiger partial charge < -0.3 is 14.8 Å². The summed E-state index contributed by atoms with van der Waals surface area (Å²) in [4.78, 5) is 2.33. The summed E-state index contributed by atoms with van der Waals surface area (Å²) >= 11 is 0. The Kier molecular flexibility index (Phi) is 6.67. The van der Waals surface area contributed by atoms with E-state index in [0.717, 1.165) is 36.6 Å². The van der Waals surface area contributed by atoms with Crippen molar-refractivity contribution in [3.63, 3.8) is 0 Å². The van der Waals surface area contributed by atoms with E-state index in [2.05, 4.69) is 30.3 Å². The third kappa shape index (κ3) is 4.40. The summed E-state index contributed by atoms with van der Waals surface area (Å²) < 4.78 is 10.7. The van der Waals surface area contributed by atoms with Crippen molar-refractivity contribution in [2.45, 2.75) is 19.4 Å². The Bertz CT molecular complexity index is 382. The van der Waals surface area contributed by atoms with Crippen LogP contribution in [0.1, 0.15) is 24.9 Å². The molecule has 0 heterocycles. The number of nitrogens with zero attached hydrogens (tertiary/aromatic N) is 1. The first-order chi connectivity index (χ1) is 9.13. The quantitative estimate of drug-likeness (QED) is 0.732. The van der Waals surface area contributed by atoms with Crippen LogP contribution in [-0.4, -0.2) is 46.3 Å². The van der Waals surface area contributed by atoms with Crippen LogP contribution in [0.2, 0.25) is 0 Å². The van der Waals surface area contributed by atoms with E-state index in [1.54, 1.807) is 14.2 Å². The second-order valence-electron chi connectivity index (χ2n) is 4.72. The average Bonchev–Trinajstić information content (AvgIpc) is 2.45. The molecule has 1 rings (SSSR count).